The maximum atomic E-state index is 12.3. The van der Waals surface area contributed by atoms with Crippen molar-refractivity contribution in [2.24, 2.45) is 0 Å². The van der Waals surface area contributed by atoms with E-state index in [4.69, 9.17) is 0 Å². The Hall–Kier alpha value is -2.15. The summed E-state index contributed by atoms with van der Waals surface area (Å²) in [6, 6.07) is 20.3. The molecular weight excluding hydrogens is 232 g/mol. The lowest BCUT2D eigenvalue weighted by molar-refractivity contribution is -0.114. The van der Waals surface area contributed by atoms with E-state index in [0.29, 0.717) is 6.42 Å². The van der Waals surface area contributed by atoms with Crippen LogP contribution in [-0.2, 0) is 4.79 Å². The van der Waals surface area contributed by atoms with Crippen LogP contribution in [0.1, 0.15) is 30.4 Å². The molecule has 1 heteroatoms. The summed E-state index contributed by atoms with van der Waals surface area (Å²) in [5.41, 5.74) is 4.33. The Bertz CT molecular complexity index is 609. The molecule has 0 atom stereocenters. The number of allylic oxidation sites excluding steroid dienone is 2. The van der Waals surface area contributed by atoms with Gasteiger partial charge in [0.15, 0.2) is 5.78 Å². The fourth-order valence-corrected chi connectivity index (χ4v) is 2.71. The molecule has 0 amide bonds. The molecule has 0 unspecified atom stereocenters. The standard InChI is InChI=1S/C18H16O/c19-17-13-7-12-16(14-8-3-1-4-9-14)18(17)15-10-5-2-6-11-15/h1-6,8-11H,7,12-13H2. The van der Waals surface area contributed by atoms with E-state index in [1.807, 2.05) is 48.5 Å². The zero-order valence-electron chi connectivity index (χ0n) is 10.8. The van der Waals surface area contributed by atoms with E-state index in [0.717, 1.165) is 24.0 Å². The number of Topliss-reactive ketones (excluding diaryl/α,β-unsaturated/α-hetero) is 1. The predicted molar refractivity (Wildman–Crippen MR) is 78.6 cm³/mol. The number of ketones is 1. The van der Waals surface area contributed by atoms with Crippen molar-refractivity contribution in [3.63, 3.8) is 0 Å². The van der Waals surface area contributed by atoms with Crippen LogP contribution < -0.4 is 0 Å². The molecular formula is C18H16O. The third-order valence-electron chi connectivity index (χ3n) is 3.60. The summed E-state index contributed by atoms with van der Waals surface area (Å²) < 4.78 is 0. The highest BCUT2D eigenvalue weighted by atomic mass is 16.1. The summed E-state index contributed by atoms with van der Waals surface area (Å²) in [5, 5.41) is 0. The van der Waals surface area contributed by atoms with Gasteiger partial charge in [0.2, 0.25) is 0 Å². The molecule has 0 aliphatic heterocycles. The summed E-state index contributed by atoms with van der Waals surface area (Å²) in [4.78, 5) is 12.3. The molecule has 0 heterocycles. The quantitative estimate of drug-likeness (QED) is 0.772. The van der Waals surface area contributed by atoms with Gasteiger partial charge in [-0.2, -0.15) is 0 Å². The summed E-state index contributed by atoms with van der Waals surface area (Å²) in [5.74, 6) is 0.274. The fourth-order valence-electron chi connectivity index (χ4n) is 2.71. The van der Waals surface area contributed by atoms with Crippen molar-refractivity contribution in [1.82, 2.24) is 0 Å². The van der Waals surface area contributed by atoms with Crippen molar-refractivity contribution in [2.75, 3.05) is 0 Å². The highest BCUT2D eigenvalue weighted by molar-refractivity contribution is 6.28. The Morgan fingerprint density at radius 2 is 1.26 bits per heavy atom. The average molecular weight is 248 g/mol. The van der Waals surface area contributed by atoms with Gasteiger partial charge in [-0.15, -0.1) is 0 Å². The van der Waals surface area contributed by atoms with E-state index in [1.165, 1.54) is 11.1 Å². The molecule has 2 aromatic rings. The van der Waals surface area contributed by atoms with Gasteiger partial charge in [0.05, 0.1) is 0 Å². The molecule has 1 aliphatic carbocycles. The largest absolute Gasteiger partial charge is 0.294 e. The van der Waals surface area contributed by atoms with Crippen LogP contribution in [0.5, 0.6) is 0 Å². The Balaban J connectivity index is 2.18. The zero-order valence-corrected chi connectivity index (χ0v) is 10.8. The van der Waals surface area contributed by atoms with Crippen LogP contribution in [0.3, 0.4) is 0 Å². The van der Waals surface area contributed by atoms with Crippen molar-refractivity contribution < 1.29 is 4.79 Å². The molecule has 0 N–H and O–H groups in total. The summed E-state index contributed by atoms with van der Waals surface area (Å²) in [6.45, 7) is 0. The van der Waals surface area contributed by atoms with Gasteiger partial charge in [-0.3, -0.25) is 4.79 Å². The first-order chi connectivity index (χ1) is 9.36. The van der Waals surface area contributed by atoms with Crippen molar-refractivity contribution in [2.45, 2.75) is 19.3 Å². The van der Waals surface area contributed by atoms with Gasteiger partial charge >= 0.3 is 0 Å². The number of carbonyl (C=O) groups is 1. The third kappa shape index (κ3) is 2.37. The lowest BCUT2D eigenvalue weighted by Crippen LogP contribution is -2.10. The highest BCUT2D eigenvalue weighted by Gasteiger charge is 2.22. The summed E-state index contributed by atoms with van der Waals surface area (Å²) in [7, 11) is 0. The van der Waals surface area contributed by atoms with Gasteiger partial charge in [-0.1, -0.05) is 60.7 Å². The first-order valence-electron chi connectivity index (χ1n) is 6.73. The van der Waals surface area contributed by atoms with Crippen molar-refractivity contribution in [1.29, 1.82) is 0 Å². The first-order valence-corrected chi connectivity index (χ1v) is 6.73. The maximum Gasteiger partial charge on any atom is 0.163 e. The molecule has 0 saturated heterocycles. The van der Waals surface area contributed by atoms with Gasteiger partial charge < -0.3 is 0 Å². The maximum absolute atomic E-state index is 12.3. The molecule has 3 rings (SSSR count). The summed E-state index contributed by atoms with van der Waals surface area (Å²) in [6.07, 6.45) is 2.61. The van der Waals surface area contributed by atoms with E-state index in [9.17, 15) is 4.79 Å². The second-order valence-electron chi connectivity index (χ2n) is 4.86. The van der Waals surface area contributed by atoms with Crippen LogP contribution in [-0.4, -0.2) is 5.78 Å². The Morgan fingerprint density at radius 3 is 1.89 bits per heavy atom. The molecule has 0 aromatic heterocycles. The molecule has 1 aliphatic rings. The van der Waals surface area contributed by atoms with Crippen LogP contribution in [0, 0.1) is 0 Å². The van der Waals surface area contributed by atoms with Gasteiger partial charge in [0.25, 0.3) is 0 Å². The molecule has 94 valence electrons. The Labute approximate surface area is 113 Å². The molecule has 0 bridgehead atoms. The number of hydrogen-bond donors (Lipinski definition) is 0. The number of rotatable bonds is 2. The lowest BCUT2D eigenvalue weighted by atomic mass is 9.83. The number of hydrogen-bond acceptors (Lipinski definition) is 1. The number of carbonyl (C=O) groups excluding carboxylic acids is 1. The minimum absolute atomic E-state index is 0.274. The van der Waals surface area contributed by atoms with E-state index < -0.39 is 0 Å². The second kappa shape index (κ2) is 5.23. The average Bonchev–Trinajstić information content (AvgIpc) is 2.49. The first kappa shape index (κ1) is 11.9. The topological polar surface area (TPSA) is 17.1 Å². The van der Waals surface area contributed by atoms with E-state index in [-0.39, 0.29) is 5.78 Å². The van der Waals surface area contributed by atoms with Gasteiger partial charge in [0.1, 0.15) is 0 Å². The van der Waals surface area contributed by atoms with E-state index >= 15 is 0 Å². The molecule has 0 radical (unpaired) electrons. The normalized spacial score (nSPS) is 15.7. The predicted octanol–water partition coefficient (Wildman–Crippen LogP) is 4.35. The van der Waals surface area contributed by atoms with Gasteiger partial charge in [-0.25, -0.2) is 0 Å². The molecule has 2 aromatic carbocycles. The Kier molecular flexibility index (Phi) is 3.28. The molecule has 0 spiro atoms. The SMILES string of the molecule is O=C1CCCC(c2ccccc2)=C1c1ccccc1. The smallest absolute Gasteiger partial charge is 0.163 e. The van der Waals surface area contributed by atoms with Gasteiger partial charge in [0, 0.05) is 12.0 Å². The zero-order chi connectivity index (χ0) is 13.1. The van der Waals surface area contributed by atoms with Crippen LogP contribution in [0.25, 0.3) is 11.1 Å². The molecule has 1 nitrogen and oxygen atoms in total. The second-order valence-corrected chi connectivity index (χ2v) is 4.86. The molecule has 19 heavy (non-hydrogen) atoms. The lowest BCUT2D eigenvalue weighted by Gasteiger charge is -2.20. The Morgan fingerprint density at radius 1 is 0.684 bits per heavy atom. The van der Waals surface area contributed by atoms with Gasteiger partial charge in [-0.05, 0) is 29.5 Å². The minimum Gasteiger partial charge on any atom is -0.294 e. The van der Waals surface area contributed by atoms with E-state index in [2.05, 4.69) is 12.1 Å². The fraction of sp³-hybridized carbons (Fsp3) is 0.167. The van der Waals surface area contributed by atoms with Crippen LogP contribution >= 0.6 is 0 Å². The van der Waals surface area contributed by atoms with Crippen molar-refractivity contribution >= 4 is 16.9 Å². The third-order valence-corrected chi connectivity index (χ3v) is 3.60. The van der Waals surface area contributed by atoms with Crippen LogP contribution in [0.2, 0.25) is 0 Å². The van der Waals surface area contributed by atoms with Crippen molar-refractivity contribution in [3.8, 4) is 0 Å². The molecule has 0 saturated carbocycles. The summed E-state index contributed by atoms with van der Waals surface area (Å²) >= 11 is 0. The molecule has 0 fully saturated rings. The minimum atomic E-state index is 0.274. The van der Waals surface area contributed by atoms with Crippen LogP contribution in [0.4, 0.5) is 0 Å². The monoisotopic (exact) mass is 248 g/mol. The van der Waals surface area contributed by atoms with E-state index in [1.54, 1.807) is 0 Å². The number of benzene rings is 2. The van der Waals surface area contributed by atoms with Crippen molar-refractivity contribution in [3.05, 3.63) is 71.8 Å². The highest BCUT2D eigenvalue weighted by Crippen LogP contribution is 2.35. The van der Waals surface area contributed by atoms with Crippen LogP contribution in [0.15, 0.2) is 60.7 Å².